The molecule has 6 nitrogen and oxygen atoms in total. The number of amides is 2. The number of carbonyl (C=O) groups excluding carboxylic acids is 2. The summed E-state index contributed by atoms with van der Waals surface area (Å²) in [5.74, 6) is 0.0924. The van der Waals surface area contributed by atoms with Crippen LogP contribution in [0.3, 0.4) is 0 Å². The van der Waals surface area contributed by atoms with E-state index in [1.54, 1.807) is 4.90 Å². The van der Waals surface area contributed by atoms with Crippen LogP contribution >= 0.6 is 0 Å². The number of rotatable bonds is 1. The molecule has 2 heterocycles. The van der Waals surface area contributed by atoms with Crippen molar-refractivity contribution in [2.24, 2.45) is 5.41 Å². The van der Waals surface area contributed by atoms with Gasteiger partial charge in [0.05, 0.1) is 6.04 Å². The number of nitrogens with one attached hydrogen (secondary N) is 1. The summed E-state index contributed by atoms with van der Waals surface area (Å²) >= 11 is 0. The van der Waals surface area contributed by atoms with Gasteiger partial charge >= 0.3 is 12.0 Å². The highest BCUT2D eigenvalue weighted by molar-refractivity contribution is 5.78. The summed E-state index contributed by atoms with van der Waals surface area (Å²) in [6, 6.07) is 2.22. The fourth-order valence-electron chi connectivity index (χ4n) is 3.67. The van der Waals surface area contributed by atoms with Crippen LogP contribution in [0.4, 0.5) is 4.79 Å². The molecule has 0 radical (unpaired) electrons. The minimum atomic E-state index is -0.535. The molecule has 122 valence electrons. The molecular weight excluding hydrogens is 282 g/mol. The van der Waals surface area contributed by atoms with Crippen LogP contribution in [0, 0.1) is 16.7 Å². The second-order valence-corrected chi connectivity index (χ2v) is 7.58. The van der Waals surface area contributed by atoms with Gasteiger partial charge in [0.2, 0.25) is 0 Å². The molecule has 2 aliphatic rings. The quantitative estimate of drug-likeness (QED) is 0.725. The van der Waals surface area contributed by atoms with Crippen LogP contribution in [0.5, 0.6) is 0 Å². The Balaban J connectivity index is 2.12. The van der Waals surface area contributed by atoms with Gasteiger partial charge in [-0.3, -0.25) is 4.90 Å². The maximum absolute atomic E-state index is 12.8. The highest BCUT2D eigenvalue weighted by Crippen LogP contribution is 2.37. The zero-order chi connectivity index (χ0) is 16.5. The Morgan fingerprint density at radius 1 is 1.55 bits per heavy atom. The van der Waals surface area contributed by atoms with Crippen LogP contribution in [-0.4, -0.2) is 48.2 Å². The molecule has 2 saturated heterocycles. The molecule has 2 amide bonds. The lowest BCUT2D eigenvalue weighted by molar-refractivity contribution is -0.829. The van der Waals surface area contributed by atoms with Crippen molar-refractivity contribution in [3.8, 4) is 6.07 Å². The number of ether oxygens (including phenoxy) is 1. The third-order valence-corrected chi connectivity index (χ3v) is 4.56. The Kier molecular flexibility index (Phi) is 4.48. The molecule has 3 unspecified atom stereocenters. The predicted molar refractivity (Wildman–Crippen MR) is 80.0 cm³/mol. The minimum absolute atomic E-state index is 0.0924. The van der Waals surface area contributed by atoms with E-state index in [1.807, 2.05) is 27.7 Å². The van der Waals surface area contributed by atoms with Crippen LogP contribution in [0.2, 0.25) is 0 Å². The summed E-state index contributed by atoms with van der Waals surface area (Å²) in [6.45, 7) is 8.77. The van der Waals surface area contributed by atoms with E-state index in [-0.39, 0.29) is 24.6 Å². The van der Waals surface area contributed by atoms with Crippen molar-refractivity contribution in [1.29, 1.82) is 5.26 Å². The van der Waals surface area contributed by atoms with Gasteiger partial charge in [-0.15, -0.1) is 0 Å². The van der Waals surface area contributed by atoms with Crippen molar-refractivity contribution in [2.75, 3.05) is 19.6 Å². The van der Waals surface area contributed by atoms with Gasteiger partial charge in [-0.05, 0) is 40.5 Å². The average molecular weight is 308 g/mol. The van der Waals surface area contributed by atoms with Crippen LogP contribution in [-0.2, 0) is 9.53 Å². The van der Waals surface area contributed by atoms with Gasteiger partial charge in [0, 0.05) is 19.5 Å². The zero-order valence-corrected chi connectivity index (χ0v) is 13.9. The van der Waals surface area contributed by atoms with E-state index < -0.39 is 11.0 Å². The molecular formula is C16H26N3O3+. The average Bonchev–Trinajstić information content (AvgIpc) is 2.62. The molecule has 1 N–H and O–H groups in total. The maximum atomic E-state index is 12.8. The molecule has 1 spiro atoms. The van der Waals surface area contributed by atoms with E-state index in [0.29, 0.717) is 13.1 Å². The summed E-state index contributed by atoms with van der Waals surface area (Å²) in [6.07, 6.45) is 1.99. The normalized spacial score (nSPS) is 32.1. The van der Waals surface area contributed by atoms with Crippen molar-refractivity contribution >= 4 is 12.0 Å². The van der Waals surface area contributed by atoms with Crippen molar-refractivity contribution < 1.29 is 19.2 Å². The summed E-state index contributed by atoms with van der Waals surface area (Å²) in [5, 5.41) is 8.91. The first-order valence-electron chi connectivity index (χ1n) is 7.94. The molecule has 0 aliphatic carbocycles. The monoisotopic (exact) mass is 308 g/mol. The van der Waals surface area contributed by atoms with Gasteiger partial charge in [-0.2, -0.15) is 5.26 Å². The van der Waals surface area contributed by atoms with E-state index in [1.165, 1.54) is 0 Å². The molecule has 6 heteroatoms. The van der Waals surface area contributed by atoms with Gasteiger partial charge in [-0.1, -0.05) is 0 Å². The predicted octanol–water partition coefficient (Wildman–Crippen LogP) is 0.731. The summed E-state index contributed by atoms with van der Waals surface area (Å²) in [5.41, 5.74) is -1.03. The van der Waals surface area contributed by atoms with Gasteiger partial charge in [-0.25, -0.2) is 9.59 Å². The zero-order valence-electron chi connectivity index (χ0n) is 13.9. The second kappa shape index (κ2) is 5.88. The lowest BCUT2D eigenvalue weighted by Gasteiger charge is -2.37. The van der Waals surface area contributed by atoms with Crippen molar-refractivity contribution in [1.82, 2.24) is 4.90 Å². The smallest absolute Gasteiger partial charge is 0.410 e. The van der Waals surface area contributed by atoms with Crippen molar-refractivity contribution in [3.63, 3.8) is 0 Å². The Morgan fingerprint density at radius 2 is 2.23 bits per heavy atom. The van der Waals surface area contributed by atoms with Gasteiger partial charge < -0.3 is 9.64 Å². The van der Waals surface area contributed by atoms with E-state index in [4.69, 9.17) is 10.00 Å². The molecule has 0 bridgehead atoms. The molecule has 2 aliphatic heterocycles. The maximum Gasteiger partial charge on any atom is 0.410 e. The number of quaternary nitrogens is 1. The standard InChI is InChI=1S/C16H25N3O3/c1-12-10-16(13(20)19(12)9-7-17)6-5-8-18(11-16)14(21)22-15(2,3)4/h12H,5-6,8-11H2,1-4H3/p+1. The molecule has 2 rings (SSSR count). The summed E-state index contributed by atoms with van der Waals surface area (Å²) in [4.78, 5) is 27.4. The Labute approximate surface area is 132 Å². The lowest BCUT2D eigenvalue weighted by atomic mass is 9.77. The van der Waals surface area contributed by atoms with Crippen LogP contribution in [0.1, 0.15) is 47.0 Å². The topological polar surface area (TPSA) is 74.8 Å². The first kappa shape index (κ1) is 16.8. The van der Waals surface area contributed by atoms with Crippen molar-refractivity contribution in [2.45, 2.75) is 58.6 Å². The van der Waals surface area contributed by atoms with Crippen LogP contribution in [0.25, 0.3) is 0 Å². The summed E-state index contributed by atoms with van der Waals surface area (Å²) in [7, 11) is 0. The molecule has 3 atom stereocenters. The van der Waals surface area contributed by atoms with E-state index in [2.05, 4.69) is 6.07 Å². The molecule has 22 heavy (non-hydrogen) atoms. The van der Waals surface area contributed by atoms with Crippen molar-refractivity contribution in [3.05, 3.63) is 0 Å². The van der Waals surface area contributed by atoms with Gasteiger partial charge in [0.1, 0.15) is 17.1 Å². The Morgan fingerprint density at radius 3 is 2.82 bits per heavy atom. The largest absolute Gasteiger partial charge is 0.444 e. The highest BCUT2D eigenvalue weighted by atomic mass is 16.6. The first-order chi connectivity index (χ1) is 10.2. The fraction of sp³-hybridized carbons (Fsp3) is 0.812. The molecule has 0 aromatic rings. The highest BCUT2D eigenvalue weighted by Gasteiger charge is 2.56. The molecule has 0 aromatic heterocycles. The van der Waals surface area contributed by atoms with E-state index >= 15 is 0 Å². The van der Waals surface area contributed by atoms with Crippen LogP contribution in [0.15, 0.2) is 0 Å². The number of piperidine rings is 1. The molecule has 0 saturated carbocycles. The minimum Gasteiger partial charge on any atom is -0.444 e. The number of nitriles is 1. The Hall–Kier alpha value is -1.61. The van der Waals surface area contributed by atoms with E-state index in [0.717, 1.165) is 24.2 Å². The number of likely N-dealkylation sites (tertiary alicyclic amines) is 2. The fourth-order valence-corrected chi connectivity index (χ4v) is 3.67. The molecule has 0 aromatic carbocycles. The number of nitrogens with zero attached hydrogens (tertiary/aromatic N) is 2. The number of carbonyl (C=O) groups is 2. The third kappa shape index (κ3) is 3.25. The second-order valence-electron chi connectivity index (χ2n) is 7.58. The number of hydrogen-bond donors (Lipinski definition) is 1. The van der Waals surface area contributed by atoms with Gasteiger partial charge in [0.25, 0.3) is 0 Å². The lowest BCUT2D eigenvalue weighted by Crippen LogP contribution is -3.16. The third-order valence-electron chi connectivity index (χ3n) is 4.56. The Bertz CT molecular complexity index is 506. The van der Waals surface area contributed by atoms with E-state index in [9.17, 15) is 9.59 Å². The SMILES string of the molecule is CC1CC2(CCCN(C(=O)OC(C)(C)C)C2)C(=O)[NH+]1CC#N. The molecule has 2 fully saturated rings. The number of hydrogen-bond acceptors (Lipinski definition) is 4. The first-order valence-corrected chi connectivity index (χ1v) is 7.94. The van der Waals surface area contributed by atoms with Gasteiger partial charge in [0.15, 0.2) is 6.54 Å². The van der Waals surface area contributed by atoms with Crippen LogP contribution < -0.4 is 4.90 Å². The summed E-state index contributed by atoms with van der Waals surface area (Å²) < 4.78 is 5.43.